The SMILES string of the molecule is COc1ccc(C(O)C(C(=O)ON2C(C)(C)CCCC2(C)C)C(C)N(C(C)C)C(C)C)cc1. The van der Waals surface area contributed by atoms with E-state index in [0.717, 1.165) is 19.3 Å². The number of carbonyl (C=O) groups is 1. The predicted octanol–water partition coefficient (Wildman–Crippen LogP) is 5.35. The van der Waals surface area contributed by atoms with Crippen molar-refractivity contribution in [1.29, 1.82) is 0 Å². The maximum absolute atomic E-state index is 13.8. The third-order valence-corrected chi connectivity index (χ3v) is 7.11. The lowest BCUT2D eigenvalue weighted by molar-refractivity contribution is -0.272. The van der Waals surface area contributed by atoms with Gasteiger partial charge in [-0.3, -0.25) is 4.90 Å². The number of hydrogen-bond donors (Lipinski definition) is 1. The van der Waals surface area contributed by atoms with Gasteiger partial charge in [-0.1, -0.05) is 12.1 Å². The molecule has 1 fully saturated rings. The first-order valence-corrected chi connectivity index (χ1v) is 12.3. The molecule has 0 spiro atoms. The van der Waals surface area contributed by atoms with E-state index in [1.807, 2.05) is 36.3 Å². The number of nitrogens with zero attached hydrogens (tertiary/aromatic N) is 2. The van der Waals surface area contributed by atoms with E-state index in [-0.39, 0.29) is 35.2 Å². The number of benzene rings is 1. The average molecular weight is 463 g/mol. The van der Waals surface area contributed by atoms with E-state index in [4.69, 9.17) is 9.57 Å². The van der Waals surface area contributed by atoms with Crippen LogP contribution in [0.5, 0.6) is 5.75 Å². The van der Waals surface area contributed by atoms with Crippen LogP contribution in [0, 0.1) is 5.92 Å². The molecular weight excluding hydrogens is 416 g/mol. The summed E-state index contributed by atoms with van der Waals surface area (Å²) in [6.07, 6.45) is 2.00. The molecule has 1 saturated heterocycles. The first kappa shape index (κ1) is 27.6. The van der Waals surface area contributed by atoms with Crippen LogP contribution in [0.1, 0.15) is 93.2 Å². The number of aliphatic hydroxyl groups excluding tert-OH is 1. The number of hydrogen-bond acceptors (Lipinski definition) is 6. The number of rotatable bonds is 9. The van der Waals surface area contributed by atoms with E-state index in [9.17, 15) is 9.90 Å². The predicted molar refractivity (Wildman–Crippen MR) is 133 cm³/mol. The molecule has 0 radical (unpaired) electrons. The summed E-state index contributed by atoms with van der Waals surface area (Å²) in [6, 6.07) is 7.45. The highest BCUT2D eigenvalue weighted by atomic mass is 16.7. The zero-order valence-electron chi connectivity index (χ0n) is 22.4. The largest absolute Gasteiger partial charge is 0.497 e. The second-order valence-corrected chi connectivity index (χ2v) is 11.3. The molecule has 0 saturated carbocycles. The van der Waals surface area contributed by atoms with Crippen LogP contribution in [0.25, 0.3) is 0 Å². The summed E-state index contributed by atoms with van der Waals surface area (Å²) < 4.78 is 5.26. The van der Waals surface area contributed by atoms with Gasteiger partial charge < -0.3 is 14.7 Å². The molecule has 33 heavy (non-hydrogen) atoms. The van der Waals surface area contributed by atoms with Gasteiger partial charge in [-0.2, -0.15) is 0 Å². The maximum atomic E-state index is 13.8. The average Bonchev–Trinajstić information content (AvgIpc) is 2.70. The van der Waals surface area contributed by atoms with Crippen LogP contribution >= 0.6 is 0 Å². The van der Waals surface area contributed by atoms with Gasteiger partial charge in [0.2, 0.25) is 0 Å². The summed E-state index contributed by atoms with van der Waals surface area (Å²) in [5.74, 6) is -0.433. The van der Waals surface area contributed by atoms with Gasteiger partial charge in [0.25, 0.3) is 0 Å². The monoisotopic (exact) mass is 462 g/mol. The van der Waals surface area contributed by atoms with Crippen molar-refractivity contribution >= 4 is 5.97 Å². The second kappa shape index (κ2) is 10.7. The number of piperidine rings is 1. The molecule has 1 aromatic carbocycles. The van der Waals surface area contributed by atoms with E-state index < -0.39 is 12.0 Å². The Morgan fingerprint density at radius 1 is 0.970 bits per heavy atom. The zero-order chi connectivity index (χ0) is 25.1. The van der Waals surface area contributed by atoms with E-state index in [1.54, 1.807) is 7.11 Å². The first-order chi connectivity index (χ1) is 15.2. The molecule has 1 aliphatic rings. The van der Waals surface area contributed by atoms with Crippen molar-refractivity contribution in [1.82, 2.24) is 9.96 Å². The topological polar surface area (TPSA) is 62.2 Å². The number of hydroxylamine groups is 2. The van der Waals surface area contributed by atoms with Crippen molar-refractivity contribution in [3.63, 3.8) is 0 Å². The smallest absolute Gasteiger partial charge is 0.332 e. The third-order valence-electron chi connectivity index (χ3n) is 7.11. The van der Waals surface area contributed by atoms with E-state index in [0.29, 0.717) is 11.3 Å². The summed E-state index contributed by atoms with van der Waals surface area (Å²) in [4.78, 5) is 22.3. The van der Waals surface area contributed by atoms with Gasteiger partial charge in [0.1, 0.15) is 11.7 Å². The van der Waals surface area contributed by atoms with Crippen molar-refractivity contribution in [2.45, 2.75) is 117 Å². The summed E-state index contributed by atoms with van der Waals surface area (Å²) in [6.45, 7) is 19.0. The van der Waals surface area contributed by atoms with Gasteiger partial charge in [-0.05, 0) is 99.3 Å². The summed E-state index contributed by atoms with van der Waals surface area (Å²) in [5.41, 5.74) is 0.132. The van der Waals surface area contributed by atoms with Crippen LogP contribution in [0.2, 0.25) is 0 Å². The molecule has 0 aliphatic carbocycles. The van der Waals surface area contributed by atoms with Crippen molar-refractivity contribution in [2.24, 2.45) is 5.92 Å². The standard InChI is InChI=1S/C27H46N2O4/c1-18(2)28(19(3)4)20(5)23(24(30)21-12-14-22(32-10)15-13-21)25(31)33-29-26(6,7)16-11-17-27(29,8)9/h12-15,18-20,23-24,30H,11,16-17H2,1-10H3. The van der Waals surface area contributed by atoms with E-state index >= 15 is 0 Å². The molecule has 3 unspecified atom stereocenters. The molecule has 3 atom stereocenters. The number of aliphatic hydroxyl groups is 1. The maximum Gasteiger partial charge on any atom is 0.332 e. The van der Waals surface area contributed by atoms with Gasteiger partial charge in [0, 0.05) is 18.1 Å². The third kappa shape index (κ3) is 6.28. The lowest BCUT2D eigenvalue weighted by Crippen LogP contribution is -2.60. The van der Waals surface area contributed by atoms with E-state index in [2.05, 4.69) is 60.3 Å². The van der Waals surface area contributed by atoms with Gasteiger partial charge in [0.05, 0.1) is 24.3 Å². The molecule has 1 aromatic rings. The number of carbonyl (C=O) groups excluding carboxylic acids is 1. The minimum atomic E-state index is -1.01. The van der Waals surface area contributed by atoms with Crippen molar-refractivity contribution in [3.8, 4) is 5.75 Å². The molecule has 6 nitrogen and oxygen atoms in total. The Morgan fingerprint density at radius 3 is 1.88 bits per heavy atom. The lowest BCUT2D eigenvalue weighted by atomic mass is 9.82. The Hall–Kier alpha value is -1.63. The first-order valence-electron chi connectivity index (χ1n) is 12.3. The Morgan fingerprint density at radius 2 is 1.45 bits per heavy atom. The zero-order valence-corrected chi connectivity index (χ0v) is 22.4. The van der Waals surface area contributed by atoms with Gasteiger partial charge in [0.15, 0.2) is 0 Å². The molecule has 188 valence electrons. The molecule has 2 rings (SSSR count). The Balaban J connectivity index is 2.45. The Bertz CT molecular complexity index is 749. The number of methoxy groups -OCH3 is 1. The molecule has 1 N–H and O–H groups in total. The lowest BCUT2D eigenvalue weighted by Gasteiger charge is -2.51. The second-order valence-electron chi connectivity index (χ2n) is 11.3. The fourth-order valence-corrected chi connectivity index (χ4v) is 5.69. The fraction of sp³-hybridized carbons (Fsp3) is 0.741. The van der Waals surface area contributed by atoms with Crippen LogP contribution in [-0.4, -0.2) is 57.4 Å². The van der Waals surface area contributed by atoms with Crippen LogP contribution in [-0.2, 0) is 9.63 Å². The van der Waals surface area contributed by atoms with Crippen LogP contribution < -0.4 is 4.74 Å². The van der Waals surface area contributed by atoms with Crippen LogP contribution in [0.3, 0.4) is 0 Å². The number of ether oxygens (including phenoxy) is 1. The molecule has 0 aromatic heterocycles. The van der Waals surface area contributed by atoms with Crippen molar-refractivity contribution in [2.75, 3.05) is 7.11 Å². The van der Waals surface area contributed by atoms with Gasteiger partial charge in [-0.15, -0.1) is 5.06 Å². The van der Waals surface area contributed by atoms with E-state index in [1.165, 1.54) is 0 Å². The quantitative estimate of drug-likeness (QED) is 0.533. The molecule has 1 heterocycles. The summed E-state index contributed by atoms with van der Waals surface area (Å²) in [7, 11) is 1.61. The normalized spacial score (nSPS) is 21.2. The molecule has 0 amide bonds. The van der Waals surface area contributed by atoms with Crippen molar-refractivity contribution < 1.29 is 19.5 Å². The Kier molecular flexibility index (Phi) is 8.99. The molecule has 1 aliphatic heterocycles. The van der Waals surface area contributed by atoms with Crippen molar-refractivity contribution in [3.05, 3.63) is 29.8 Å². The summed E-state index contributed by atoms with van der Waals surface area (Å²) >= 11 is 0. The highest BCUT2D eigenvalue weighted by molar-refractivity contribution is 5.74. The summed E-state index contributed by atoms with van der Waals surface area (Å²) in [5, 5.41) is 13.4. The minimum Gasteiger partial charge on any atom is -0.497 e. The Labute approximate surface area is 201 Å². The molecule has 0 bridgehead atoms. The van der Waals surface area contributed by atoms with Gasteiger partial charge in [-0.25, -0.2) is 4.79 Å². The highest BCUT2D eigenvalue weighted by Gasteiger charge is 2.47. The minimum absolute atomic E-state index is 0.209. The van der Waals surface area contributed by atoms with Crippen LogP contribution in [0.4, 0.5) is 0 Å². The fourth-order valence-electron chi connectivity index (χ4n) is 5.69. The molecular formula is C27H46N2O4. The molecule has 6 heteroatoms. The highest BCUT2D eigenvalue weighted by Crippen LogP contribution is 2.40. The van der Waals surface area contributed by atoms with Gasteiger partial charge >= 0.3 is 5.97 Å². The van der Waals surface area contributed by atoms with Crippen LogP contribution in [0.15, 0.2) is 24.3 Å².